The van der Waals surface area contributed by atoms with E-state index in [-0.39, 0.29) is 17.8 Å². The number of ether oxygens (including phenoxy) is 1. The molecule has 7 heteroatoms. The van der Waals surface area contributed by atoms with Crippen molar-refractivity contribution in [2.24, 2.45) is 0 Å². The van der Waals surface area contributed by atoms with Gasteiger partial charge in [-0.05, 0) is 40.5 Å². The standard InChI is InChI=1S/C15H24N4O3/c1-9-11(19-14(21)22-15(2,3)4)18-12(16-9)13(20)17-10-7-5-6-8-10/h10H,5-8H2,1-4H3,(H,16,18)(H,17,20)(H,19,21). The molecule has 0 saturated heterocycles. The number of rotatable bonds is 3. The lowest BCUT2D eigenvalue weighted by Gasteiger charge is -2.19. The van der Waals surface area contributed by atoms with Crippen LogP contribution >= 0.6 is 0 Å². The number of hydrogen-bond acceptors (Lipinski definition) is 4. The molecule has 0 spiro atoms. The van der Waals surface area contributed by atoms with Crippen LogP contribution in [-0.2, 0) is 4.74 Å². The predicted molar refractivity (Wildman–Crippen MR) is 82.9 cm³/mol. The van der Waals surface area contributed by atoms with Crippen LogP contribution in [0.5, 0.6) is 0 Å². The van der Waals surface area contributed by atoms with E-state index in [9.17, 15) is 9.59 Å². The number of nitrogens with one attached hydrogen (secondary N) is 3. The van der Waals surface area contributed by atoms with Crippen molar-refractivity contribution in [3.63, 3.8) is 0 Å². The van der Waals surface area contributed by atoms with E-state index in [0.29, 0.717) is 11.5 Å². The number of anilines is 1. The Labute approximate surface area is 130 Å². The first kappa shape index (κ1) is 16.3. The molecule has 1 saturated carbocycles. The van der Waals surface area contributed by atoms with Crippen LogP contribution in [0.1, 0.15) is 62.8 Å². The normalized spacial score (nSPS) is 15.6. The molecule has 0 aliphatic heterocycles. The highest BCUT2D eigenvalue weighted by Crippen LogP contribution is 2.19. The number of hydrogen-bond donors (Lipinski definition) is 3. The van der Waals surface area contributed by atoms with Crippen molar-refractivity contribution in [1.29, 1.82) is 0 Å². The minimum absolute atomic E-state index is 0.204. The number of nitrogens with zero attached hydrogens (tertiary/aromatic N) is 1. The van der Waals surface area contributed by atoms with Gasteiger partial charge in [-0.25, -0.2) is 9.78 Å². The predicted octanol–water partition coefficient (Wildman–Crippen LogP) is 2.74. The second kappa shape index (κ2) is 6.37. The average Bonchev–Trinajstić information content (AvgIpc) is 2.98. The number of aryl methyl sites for hydroxylation is 1. The second-order valence-corrected chi connectivity index (χ2v) is 6.64. The molecule has 0 atom stereocenters. The lowest BCUT2D eigenvalue weighted by atomic mass is 10.2. The molecule has 1 aliphatic carbocycles. The van der Waals surface area contributed by atoms with E-state index in [1.54, 1.807) is 27.7 Å². The molecule has 7 nitrogen and oxygen atoms in total. The Morgan fingerprint density at radius 1 is 1.27 bits per heavy atom. The molecule has 0 bridgehead atoms. The molecule has 1 aromatic rings. The van der Waals surface area contributed by atoms with Gasteiger partial charge in [0.2, 0.25) is 0 Å². The highest BCUT2D eigenvalue weighted by atomic mass is 16.6. The molecular formula is C15H24N4O3. The minimum Gasteiger partial charge on any atom is -0.444 e. The van der Waals surface area contributed by atoms with E-state index in [1.807, 2.05) is 0 Å². The van der Waals surface area contributed by atoms with Crippen molar-refractivity contribution in [3.05, 3.63) is 11.5 Å². The van der Waals surface area contributed by atoms with Crippen molar-refractivity contribution in [1.82, 2.24) is 15.3 Å². The maximum atomic E-state index is 12.1. The highest BCUT2D eigenvalue weighted by Gasteiger charge is 2.22. The van der Waals surface area contributed by atoms with Gasteiger partial charge in [0.15, 0.2) is 11.6 Å². The third kappa shape index (κ3) is 4.47. The van der Waals surface area contributed by atoms with Crippen molar-refractivity contribution in [2.75, 3.05) is 5.32 Å². The molecular weight excluding hydrogens is 284 g/mol. The Hall–Kier alpha value is -2.05. The highest BCUT2D eigenvalue weighted by molar-refractivity contribution is 5.92. The Morgan fingerprint density at radius 3 is 2.50 bits per heavy atom. The van der Waals surface area contributed by atoms with E-state index in [2.05, 4.69) is 20.6 Å². The van der Waals surface area contributed by atoms with Crippen molar-refractivity contribution >= 4 is 17.8 Å². The lowest BCUT2D eigenvalue weighted by Crippen LogP contribution is -2.33. The van der Waals surface area contributed by atoms with Crippen LogP contribution < -0.4 is 10.6 Å². The van der Waals surface area contributed by atoms with Gasteiger partial charge in [-0.2, -0.15) is 0 Å². The van der Waals surface area contributed by atoms with Crippen molar-refractivity contribution in [2.45, 2.75) is 65.0 Å². The molecule has 1 aromatic heterocycles. The van der Waals surface area contributed by atoms with E-state index < -0.39 is 11.7 Å². The number of carbonyl (C=O) groups is 2. The van der Waals surface area contributed by atoms with Crippen LogP contribution in [0.25, 0.3) is 0 Å². The Kier molecular flexibility index (Phi) is 4.73. The number of aromatic nitrogens is 2. The summed E-state index contributed by atoms with van der Waals surface area (Å²) in [7, 11) is 0. The topological polar surface area (TPSA) is 96.1 Å². The van der Waals surface area contributed by atoms with Gasteiger partial charge < -0.3 is 15.0 Å². The maximum absolute atomic E-state index is 12.1. The van der Waals surface area contributed by atoms with Gasteiger partial charge >= 0.3 is 6.09 Å². The van der Waals surface area contributed by atoms with Crippen LogP contribution in [0, 0.1) is 6.92 Å². The smallest absolute Gasteiger partial charge is 0.413 e. The third-order valence-electron chi connectivity index (χ3n) is 3.41. The molecule has 1 heterocycles. The monoisotopic (exact) mass is 308 g/mol. The quantitative estimate of drug-likeness (QED) is 0.800. The molecule has 122 valence electrons. The Bertz CT molecular complexity index is 554. The summed E-state index contributed by atoms with van der Waals surface area (Å²) in [5.74, 6) is 0.272. The molecule has 0 radical (unpaired) electrons. The number of carbonyl (C=O) groups excluding carboxylic acids is 2. The first-order chi connectivity index (χ1) is 10.2. The van der Waals surface area contributed by atoms with E-state index in [1.165, 1.54) is 0 Å². The van der Waals surface area contributed by atoms with Gasteiger partial charge in [0.25, 0.3) is 5.91 Å². The molecule has 22 heavy (non-hydrogen) atoms. The Balaban J connectivity index is 1.98. The molecule has 0 unspecified atom stereocenters. The average molecular weight is 308 g/mol. The zero-order chi connectivity index (χ0) is 16.3. The summed E-state index contributed by atoms with van der Waals surface area (Å²) in [6.45, 7) is 7.09. The van der Waals surface area contributed by atoms with Crippen LogP contribution in [0.4, 0.5) is 10.6 Å². The summed E-state index contributed by atoms with van der Waals surface area (Å²) in [6.07, 6.45) is 3.72. The fourth-order valence-electron chi connectivity index (χ4n) is 2.41. The lowest BCUT2D eigenvalue weighted by molar-refractivity contribution is 0.0634. The SMILES string of the molecule is Cc1[nH]c(C(=O)NC2CCCC2)nc1NC(=O)OC(C)(C)C. The summed E-state index contributed by atoms with van der Waals surface area (Å²) in [6, 6.07) is 0.222. The van der Waals surface area contributed by atoms with Gasteiger partial charge in [-0.15, -0.1) is 0 Å². The number of imidazole rings is 1. The van der Waals surface area contributed by atoms with Gasteiger partial charge in [-0.1, -0.05) is 12.8 Å². The van der Waals surface area contributed by atoms with E-state index >= 15 is 0 Å². The molecule has 1 fully saturated rings. The van der Waals surface area contributed by atoms with Gasteiger partial charge in [0.1, 0.15) is 5.60 Å². The van der Waals surface area contributed by atoms with Crippen LogP contribution in [-0.4, -0.2) is 33.6 Å². The van der Waals surface area contributed by atoms with E-state index in [0.717, 1.165) is 25.7 Å². The van der Waals surface area contributed by atoms with Crippen LogP contribution in [0.3, 0.4) is 0 Å². The summed E-state index contributed by atoms with van der Waals surface area (Å²) in [5, 5.41) is 5.50. The molecule has 0 aromatic carbocycles. The van der Waals surface area contributed by atoms with Crippen LogP contribution in [0.2, 0.25) is 0 Å². The number of aromatic amines is 1. The molecule has 2 rings (SSSR count). The second-order valence-electron chi connectivity index (χ2n) is 6.64. The first-order valence-corrected chi connectivity index (χ1v) is 7.62. The minimum atomic E-state index is -0.593. The summed E-state index contributed by atoms with van der Waals surface area (Å²) in [4.78, 5) is 30.9. The zero-order valence-corrected chi connectivity index (χ0v) is 13.6. The molecule has 2 amide bonds. The number of H-pyrrole nitrogens is 1. The zero-order valence-electron chi connectivity index (χ0n) is 13.6. The van der Waals surface area contributed by atoms with Crippen LogP contribution in [0.15, 0.2) is 0 Å². The molecule has 3 N–H and O–H groups in total. The molecule has 1 aliphatic rings. The number of amides is 2. The Morgan fingerprint density at radius 2 is 1.91 bits per heavy atom. The largest absolute Gasteiger partial charge is 0.444 e. The third-order valence-corrected chi connectivity index (χ3v) is 3.41. The van der Waals surface area contributed by atoms with Gasteiger partial charge in [0.05, 0.1) is 5.69 Å². The summed E-state index contributed by atoms with van der Waals surface area (Å²) >= 11 is 0. The maximum Gasteiger partial charge on any atom is 0.413 e. The van der Waals surface area contributed by atoms with Gasteiger partial charge in [-0.3, -0.25) is 10.1 Å². The summed E-state index contributed by atoms with van der Waals surface area (Å²) < 4.78 is 5.17. The first-order valence-electron chi connectivity index (χ1n) is 7.62. The summed E-state index contributed by atoms with van der Waals surface area (Å²) in [5.41, 5.74) is 0.0270. The van der Waals surface area contributed by atoms with Crippen molar-refractivity contribution in [3.8, 4) is 0 Å². The van der Waals surface area contributed by atoms with Gasteiger partial charge in [0, 0.05) is 6.04 Å². The fraction of sp³-hybridized carbons (Fsp3) is 0.667. The van der Waals surface area contributed by atoms with Crippen molar-refractivity contribution < 1.29 is 14.3 Å². The van der Waals surface area contributed by atoms with E-state index in [4.69, 9.17) is 4.74 Å². The fourth-order valence-corrected chi connectivity index (χ4v) is 2.41.